The van der Waals surface area contributed by atoms with Crippen molar-refractivity contribution in [1.29, 1.82) is 0 Å². The Kier molecular flexibility index (Phi) is 4.66. The summed E-state index contributed by atoms with van der Waals surface area (Å²) >= 11 is 1.49. The number of hydrogen-bond donors (Lipinski definition) is 2. The molecule has 1 aliphatic carbocycles. The molecule has 0 bridgehead atoms. The molecule has 0 amide bonds. The van der Waals surface area contributed by atoms with E-state index in [-0.39, 0.29) is 6.04 Å². The van der Waals surface area contributed by atoms with Crippen molar-refractivity contribution in [2.45, 2.75) is 57.1 Å². The molecule has 4 nitrogen and oxygen atoms in total. The third-order valence-corrected chi connectivity index (χ3v) is 6.04. The topological polar surface area (TPSA) is 58.2 Å². The van der Waals surface area contributed by atoms with Gasteiger partial charge in [0.25, 0.3) is 0 Å². The van der Waals surface area contributed by atoms with Crippen molar-refractivity contribution >= 4 is 21.4 Å². The van der Waals surface area contributed by atoms with Crippen LogP contribution in [0.5, 0.6) is 0 Å². The van der Waals surface area contributed by atoms with Crippen LogP contribution >= 0.6 is 11.3 Å². The average molecular weight is 302 g/mol. The lowest BCUT2D eigenvalue weighted by Crippen LogP contribution is -2.28. The molecule has 1 aromatic rings. The van der Waals surface area contributed by atoms with Crippen molar-refractivity contribution in [3.05, 3.63) is 16.3 Å². The Morgan fingerprint density at radius 2 is 2.21 bits per heavy atom. The third-order valence-electron chi connectivity index (χ3n) is 3.42. The van der Waals surface area contributed by atoms with E-state index in [1.165, 1.54) is 11.3 Å². The molecule has 2 atom stereocenters. The van der Waals surface area contributed by atoms with Crippen LogP contribution in [0, 0.1) is 5.92 Å². The molecule has 108 valence electrons. The summed E-state index contributed by atoms with van der Waals surface area (Å²) in [5.74, 6) is 0.519. The van der Waals surface area contributed by atoms with E-state index in [1.807, 2.05) is 5.38 Å². The summed E-state index contributed by atoms with van der Waals surface area (Å²) in [6.45, 7) is 6.81. The van der Waals surface area contributed by atoms with E-state index >= 15 is 0 Å². The molecule has 19 heavy (non-hydrogen) atoms. The Balaban J connectivity index is 2.06. The van der Waals surface area contributed by atoms with E-state index in [0.29, 0.717) is 23.4 Å². The van der Waals surface area contributed by atoms with Crippen LogP contribution in [0.1, 0.15) is 38.5 Å². The van der Waals surface area contributed by atoms with Gasteiger partial charge in [-0.2, -0.15) is 0 Å². The monoisotopic (exact) mass is 302 g/mol. The molecule has 1 aliphatic rings. The van der Waals surface area contributed by atoms with Gasteiger partial charge >= 0.3 is 0 Å². The molecule has 2 N–H and O–H groups in total. The highest BCUT2D eigenvalue weighted by Crippen LogP contribution is 2.35. The number of nitrogens with one attached hydrogen (secondary N) is 2. The Labute approximate surface area is 119 Å². The Morgan fingerprint density at radius 3 is 2.79 bits per heavy atom. The zero-order valence-corrected chi connectivity index (χ0v) is 13.3. The van der Waals surface area contributed by atoms with Gasteiger partial charge in [0, 0.05) is 23.5 Å². The fourth-order valence-corrected chi connectivity index (χ4v) is 4.81. The molecule has 2 unspecified atom stereocenters. The van der Waals surface area contributed by atoms with Gasteiger partial charge in [-0.15, -0.1) is 11.3 Å². The van der Waals surface area contributed by atoms with Crippen LogP contribution in [0.2, 0.25) is 0 Å². The van der Waals surface area contributed by atoms with Crippen molar-refractivity contribution in [3.63, 3.8) is 0 Å². The van der Waals surface area contributed by atoms with Crippen LogP contribution in [0.4, 0.5) is 0 Å². The van der Waals surface area contributed by atoms with Crippen molar-refractivity contribution in [3.8, 4) is 0 Å². The average Bonchev–Trinajstić information content (AvgIpc) is 2.89. The second kappa shape index (κ2) is 5.91. The first-order valence-electron chi connectivity index (χ1n) is 6.76. The highest BCUT2D eigenvalue weighted by molar-refractivity contribution is 7.89. The number of rotatable bonds is 7. The minimum atomic E-state index is -3.35. The molecule has 0 aromatic carbocycles. The van der Waals surface area contributed by atoms with Crippen LogP contribution in [0.3, 0.4) is 0 Å². The summed E-state index contributed by atoms with van der Waals surface area (Å²) < 4.78 is 27.5. The minimum Gasteiger partial charge on any atom is -0.310 e. The standard InChI is InChI=1S/C13H22N2O2S2/c1-4-10-7-11(10)15-19(16,17)13-5-6-18-12(13)8-14-9(2)3/h5-6,9-11,14-15H,4,7-8H2,1-3H3. The molecule has 1 fully saturated rings. The van der Waals surface area contributed by atoms with Crippen molar-refractivity contribution < 1.29 is 8.42 Å². The second-order valence-corrected chi connectivity index (χ2v) is 8.06. The normalized spacial score (nSPS) is 22.9. The maximum absolute atomic E-state index is 12.3. The van der Waals surface area contributed by atoms with E-state index in [0.717, 1.165) is 17.7 Å². The predicted octanol–water partition coefficient (Wildman–Crippen LogP) is 2.32. The number of sulfonamides is 1. The Hall–Kier alpha value is -0.430. The first-order valence-corrected chi connectivity index (χ1v) is 9.12. The quantitative estimate of drug-likeness (QED) is 0.812. The number of thiophene rings is 1. The Morgan fingerprint density at radius 1 is 1.47 bits per heavy atom. The SMILES string of the molecule is CCC1CC1NS(=O)(=O)c1ccsc1CNC(C)C. The predicted molar refractivity (Wildman–Crippen MR) is 78.8 cm³/mol. The molecule has 1 heterocycles. The largest absolute Gasteiger partial charge is 0.310 e. The van der Waals surface area contributed by atoms with Crippen LogP contribution in [0.15, 0.2) is 16.3 Å². The first kappa shape index (κ1) is 15.0. The maximum Gasteiger partial charge on any atom is 0.241 e. The van der Waals surface area contributed by atoms with E-state index in [1.54, 1.807) is 6.07 Å². The highest BCUT2D eigenvalue weighted by atomic mass is 32.2. The van der Waals surface area contributed by atoms with Gasteiger partial charge in [0.05, 0.1) is 4.90 Å². The van der Waals surface area contributed by atoms with E-state index in [2.05, 4.69) is 30.8 Å². The lowest BCUT2D eigenvalue weighted by Gasteiger charge is -2.10. The molecule has 0 saturated heterocycles. The lowest BCUT2D eigenvalue weighted by molar-refractivity contribution is 0.568. The fraction of sp³-hybridized carbons (Fsp3) is 0.692. The van der Waals surface area contributed by atoms with Gasteiger partial charge in [-0.25, -0.2) is 13.1 Å². The van der Waals surface area contributed by atoms with Gasteiger partial charge in [0.1, 0.15) is 0 Å². The smallest absolute Gasteiger partial charge is 0.241 e. The third kappa shape index (κ3) is 3.78. The number of hydrogen-bond acceptors (Lipinski definition) is 4. The molecule has 1 aromatic heterocycles. The minimum absolute atomic E-state index is 0.140. The Bertz CT molecular complexity index is 523. The van der Waals surface area contributed by atoms with E-state index in [9.17, 15) is 8.42 Å². The lowest BCUT2D eigenvalue weighted by atomic mass is 10.3. The van der Waals surface area contributed by atoms with Gasteiger partial charge in [-0.3, -0.25) is 0 Å². The van der Waals surface area contributed by atoms with Crippen molar-refractivity contribution in [2.24, 2.45) is 5.92 Å². The van der Waals surface area contributed by atoms with Gasteiger partial charge in [-0.1, -0.05) is 27.2 Å². The van der Waals surface area contributed by atoms with Crippen molar-refractivity contribution in [2.75, 3.05) is 0 Å². The zero-order chi connectivity index (χ0) is 14.0. The molecule has 2 rings (SSSR count). The van der Waals surface area contributed by atoms with Gasteiger partial charge in [0.15, 0.2) is 0 Å². The molecule has 0 spiro atoms. The molecule has 0 radical (unpaired) electrons. The maximum atomic E-state index is 12.3. The van der Waals surface area contributed by atoms with Crippen LogP contribution in [0.25, 0.3) is 0 Å². The zero-order valence-electron chi connectivity index (χ0n) is 11.6. The summed E-state index contributed by atoms with van der Waals surface area (Å²) in [6.07, 6.45) is 2.01. The summed E-state index contributed by atoms with van der Waals surface area (Å²) in [6, 6.07) is 2.19. The first-order chi connectivity index (χ1) is 8.94. The summed E-state index contributed by atoms with van der Waals surface area (Å²) in [5.41, 5.74) is 0. The van der Waals surface area contributed by atoms with Crippen LogP contribution < -0.4 is 10.0 Å². The summed E-state index contributed by atoms with van der Waals surface area (Å²) in [7, 11) is -3.35. The summed E-state index contributed by atoms with van der Waals surface area (Å²) in [4.78, 5) is 1.32. The van der Waals surface area contributed by atoms with Crippen molar-refractivity contribution in [1.82, 2.24) is 10.0 Å². The molecule has 1 saturated carbocycles. The van der Waals surface area contributed by atoms with E-state index in [4.69, 9.17) is 0 Å². The molecule has 0 aliphatic heterocycles. The van der Waals surface area contributed by atoms with Crippen LogP contribution in [-0.4, -0.2) is 20.5 Å². The van der Waals surface area contributed by atoms with Crippen LogP contribution in [-0.2, 0) is 16.6 Å². The fourth-order valence-electron chi connectivity index (χ4n) is 2.10. The van der Waals surface area contributed by atoms with E-state index < -0.39 is 10.0 Å². The summed E-state index contributed by atoms with van der Waals surface area (Å²) in [5, 5.41) is 5.11. The van der Waals surface area contributed by atoms with Gasteiger partial charge in [0.2, 0.25) is 10.0 Å². The molecular formula is C13H22N2O2S2. The highest BCUT2D eigenvalue weighted by Gasteiger charge is 2.39. The molecule has 6 heteroatoms. The second-order valence-electron chi connectivity index (χ2n) is 5.38. The van der Waals surface area contributed by atoms with Gasteiger partial charge in [-0.05, 0) is 23.8 Å². The molecular weight excluding hydrogens is 280 g/mol. The van der Waals surface area contributed by atoms with Gasteiger partial charge < -0.3 is 5.32 Å².